The van der Waals surface area contributed by atoms with Crippen LogP contribution in [0.2, 0.25) is 0 Å². The van der Waals surface area contributed by atoms with Gasteiger partial charge in [0.1, 0.15) is 5.58 Å². The molecule has 0 radical (unpaired) electrons. The topological polar surface area (TPSA) is 42.2 Å². The van der Waals surface area contributed by atoms with Gasteiger partial charge in [-0.15, -0.1) is 0 Å². The van der Waals surface area contributed by atoms with Crippen molar-refractivity contribution in [3.63, 3.8) is 0 Å². The van der Waals surface area contributed by atoms with Crippen molar-refractivity contribution in [2.24, 2.45) is 0 Å². The zero-order valence-corrected chi connectivity index (χ0v) is 12.8. The van der Waals surface area contributed by atoms with Gasteiger partial charge in [0.15, 0.2) is 5.76 Å². The number of aryl methyl sites for hydroxylation is 2. The first kappa shape index (κ1) is 14.4. The predicted octanol–water partition coefficient (Wildman–Crippen LogP) is 4.95. The minimum atomic E-state index is -0.211. The molecule has 2 aromatic carbocycles. The Bertz CT molecular complexity index is 800. The second kappa shape index (κ2) is 6.06. The Morgan fingerprint density at radius 2 is 1.82 bits per heavy atom. The Morgan fingerprint density at radius 3 is 2.50 bits per heavy atom. The number of hydrogen-bond acceptors (Lipinski definition) is 2. The lowest BCUT2D eigenvalue weighted by molar-refractivity contribution is 0.0998. The van der Waals surface area contributed by atoms with Gasteiger partial charge in [0.2, 0.25) is 0 Å². The molecular formula is C19H19NO2. The average molecular weight is 293 g/mol. The number of carbonyl (C=O) groups excluding carboxylic acids is 1. The van der Waals surface area contributed by atoms with E-state index in [9.17, 15) is 4.79 Å². The fraction of sp³-hybridized carbons (Fsp3) is 0.211. The molecule has 1 aromatic heterocycles. The second-order valence-corrected chi connectivity index (χ2v) is 5.45. The summed E-state index contributed by atoms with van der Waals surface area (Å²) < 4.78 is 5.68. The van der Waals surface area contributed by atoms with Crippen molar-refractivity contribution in [3.8, 4) is 0 Å². The first-order chi connectivity index (χ1) is 10.7. The summed E-state index contributed by atoms with van der Waals surface area (Å²) in [6.45, 7) is 4.06. The largest absolute Gasteiger partial charge is 0.451 e. The third-order valence-corrected chi connectivity index (χ3v) is 3.80. The second-order valence-electron chi connectivity index (χ2n) is 5.45. The summed E-state index contributed by atoms with van der Waals surface area (Å²) in [6.07, 6.45) is 2.17. The van der Waals surface area contributed by atoms with Crippen LogP contribution in [0.4, 0.5) is 5.69 Å². The molecule has 3 rings (SSSR count). The number of para-hydroxylation sites is 1. The molecule has 1 N–H and O–H groups in total. The van der Waals surface area contributed by atoms with Gasteiger partial charge in [-0.2, -0.15) is 0 Å². The molecule has 0 bridgehead atoms. The molecule has 3 nitrogen and oxygen atoms in total. The minimum absolute atomic E-state index is 0.211. The third kappa shape index (κ3) is 2.75. The average Bonchev–Trinajstić information content (AvgIpc) is 2.87. The van der Waals surface area contributed by atoms with E-state index in [1.807, 2.05) is 55.5 Å². The van der Waals surface area contributed by atoms with E-state index in [-0.39, 0.29) is 5.91 Å². The number of nitrogens with one attached hydrogen (secondary N) is 1. The highest BCUT2D eigenvalue weighted by Crippen LogP contribution is 2.25. The summed E-state index contributed by atoms with van der Waals surface area (Å²) in [6, 6.07) is 15.6. The van der Waals surface area contributed by atoms with Crippen LogP contribution in [0.1, 0.15) is 35.0 Å². The molecular weight excluding hydrogens is 274 g/mol. The summed E-state index contributed by atoms with van der Waals surface area (Å²) in [4.78, 5) is 12.4. The number of carbonyl (C=O) groups is 1. The van der Waals surface area contributed by atoms with Crippen LogP contribution < -0.4 is 5.32 Å². The number of anilines is 1. The molecule has 22 heavy (non-hydrogen) atoms. The van der Waals surface area contributed by atoms with E-state index in [1.54, 1.807) is 0 Å². The molecule has 112 valence electrons. The Morgan fingerprint density at radius 1 is 1.09 bits per heavy atom. The lowest BCUT2D eigenvalue weighted by atomic mass is 10.1. The lowest BCUT2D eigenvalue weighted by Gasteiger charge is -2.05. The molecule has 0 atom stereocenters. The Kier molecular flexibility index (Phi) is 3.96. The van der Waals surface area contributed by atoms with Crippen molar-refractivity contribution in [2.45, 2.75) is 26.7 Å². The number of amides is 1. The van der Waals surface area contributed by atoms with Crippen LogP contribution in [0.15, 0.2) is 52.9 Å². The van der Waals surface area contributed by atoms with E-state index in [0.717, 1.165) is 35.1 Å². The molecule has 0 fully saturated rings. The van der Waals surface area contributed by atoms with Crippen LogP contribution in [0.25, 0.3) is 11.0 Å². The summed E-state index contributed by atoms with van der Waals surface area (Å²) >= 11 is 0. The number of hydrogen-bond donors (Lipinski definition) is 1. The molecule has 3 aromatic rings. The smallest absolute Gasteiger partial charge is 0.291 e. The predicted molar refractivity (Wildman–Crippen MR) is 89.3 cm³/mol. The molecule has 0 spiro atoms. The Labute approximate surface area is 130 Å². The van der Waals surface area contributed by atoms with E-state index in [4.69, 9.17) is 4.42 Å². The maximum Gasteiger partial charge on any atom is 0.291 e. The normalized spacial score (nSPS) is 10.8. The highest BCUT2D eigenvalue weighted by atomic mass is 16.3. The standard InChI is InChI=1S/C19H19NO2/c1-3-6-14-9-11-15(12-10-14)20-19(21)18-13(2)16-7-4-5-8-17(16)22-18/h4-5,7-12H,3,6H2,1-2H3,(H,20,21). The van der Waals surface area contributed by atoms with Crippen molar-refractivity contribution < 1.29 is 9.21 Å². The van der Waals surface area contributed by atoms with E-state index < -0.39 is 0 Å². The Balaban J connectivity index is 1.82. The summed E-state index contributed by atoms with van der Waals surface area (Å²) in [5, 5.41) is 3.87. The van der Waals surface area contributed by atoms with Crippen molar-refractivity contribution in [1.82, 2.24) is 0 Å². The zero-order chi connectivity index (χ0) is 15.5. The Hall–Kier alpha value is -2.55. The van der Waals surface area contributed by atoms with Gasteiger partial charge in [0, 0.05) is 16.6 Å². The van der Waals surface area contributed by atoms with Crippen molar-refractivity contribution in [2.75, 3.05) is 5.32 Å². The van der Waals surface area contributed by atoms with Crippen LogP contribution in [-0.2, 0) is 6.42 Å². The molecule has 0 unspecified atom stereocenters. The number of benzene rings is 2. The molecule has 3 heteroatoms. The van der Waals surface area contributed by atoms with Gasteiger partial charge in [-0.25, -0.2) is 0 Å². The molecule has 0 saturated carbocycles. The van der Waals surface area contributed by atoms with Gasteiger partial charge in [-0.05, 0) is 37.1 Å². The lowest BCUT2D eigenvalue weighted by Crippen LogP contribution is -2.12. The zero-order valence-electron chi connectivity index (χ0n) is 12.8. The summed E-state index contributed by atoms with van der Waals surface area (Å²) in [5.41, 5.74) is 3.67. The van der Waals surface area contributed by atoms with E-state index in [1.165, 1.54) is 5.56 Å². The van der Waals surface area contributed by atoms with Gasteiger partial charge < -0.3 is 9.73 Å². The molecule has 0 aliphatic carbocycles. The van der Waals surface area contributed by atoms with Crippen molar-refractivity contribution in [1.29, 1.82) is 0 Å². The fourth-order valence-corrected chi connectivity index (χ4v) is 2.62. The van der Waals surface area contributed by atoms with Crippen LogP contribution in [0, 0.1) is 6.92 Å². The summed E-state index contributed by atoms with van der Waals surface area (Å²) in [5.74, 6) is 0.163. The fourth-order valence-electron chi connectivity index (χ4n) is 2.62. The highest BCUT2D eigenvalue weighted by molar-refractivity contribution is 6.06. The maximum atomic E-state index is 12.4. The number of rotatable bonds is 4. The quantitative estimate of drug-likeness (QED) is 0.739. The van der Waals surface area contributed by atoms with Gasteiger partial charge in [-0.1, -0.05) is 43.7 Å². The molecule has 1 amide bonds. The van der Waals surface area contributed by atoms with Crippen molar-refractivity contribution >= 4 is 22.6 Å². The summed E-state index contributed by atoms with van der Waals surface area (Å²) in [7, 11) is 0. The van der Waals surface area contributed by atoms with Crippen LogP contribution in [0.3, 0.4) is 0 Å². The molecule has 0 saturated heterocycles. The molecule has 0 aliphatic rings. The van der Waals surface area contributed by atoms with Crippen molar-refractivity contribution in [3.05, 3.63) is 65.4 Å². The first-order valence-corrected chi connectivity index (χ1v) is 7.57. The van der Waals surface area contributed by atoms with E-state index in [0.29, 0.717) is 5.76 Å². The third-order valence-electron chi connectivity index (χ3n) is 3.80. The number of furan rings is 1. The van der Waals surface area contributed by atoms with Gasteiger partial charge in [0.25, 0.3) is 5.91 Å². The SMILES string of the molecule is CCCc1ccc(NC(=O)c2oc3ccccc3c2C)cc1. The minimum Gasteiger partial charge on any atom is -0.451 e. The number of fused-ring (bicyclic) bond motifs is 1. The first-order valence-electron chi connectivity index (χ1n) is 7.57. The van der Waals surface area contributed by atoms with E-state index >= 15 is 0 Å². The van der Waals surface area contributed by atoms with Gasteiger partial charge in [0.05, 0.1) is 0 Å². The monoisotopic (exact) mass is 293 g/mol. The molecule has 1 heterocycles. The van der Waals surface area contributed by atoms with Crippen LogP contribution in [-0.4, -0.2) is 5.91 Å². The van der Waals surface area contributed by atoms with E-state index in [2.05, 4.69) is 12.2 Å². The highest BCUT2D eigenvalue weighted by Gasteiger charge is 2.17. The maximum absolute atomic E-state index is 12.4. The van der Waals surface area contributed by atoms with Gasteiger partial charge in [-0.3, -0.25) is 4.79 Å². The van der Waals surface area contributed by atoms with Crippen LogP contribution >= 0.6 is 0 Å². The molecule has 0 aliphatic heterocycles. The van der Waals surface area contributed by atoms with Crippen LogP contribution in [0.5, 0.6) is 0 Å². The van der Waals surface area contributed by atoms with Gasteiger partial charge >= 0.3 is 0 Å².